The number of benzene rings is 1. The Labute approximate surface area is 89.0 Å². The first-order valence-corrected chi connectivity index (χ1v) is 4.66. The molecule has 0 aliphatic carbocycles. The Balaban J connectivity index is 2.52. The van der Waals surface area contributed by atoms with Crippen molar-refractivity contribution in [2.75, 3.05) is 6.61 Å². The molecule has 0 spiro atoms. The van der Waals surface area contributed by atoms with Crippen LogP contribution in [0.1, 0.15) is 12.5 Å². The topological polar surface area (TPSA) is 46.5 Å². The zero-order valence-electron chi connectivity index (χ0n) is 8.69. The summed E-state index contributed by atoms with van der Waals surface area (Å²) >= 11 is 0. The lowest BCUT2D eigenvalue weighted by Gasteiger charge is -2.05. The molecule has 1 N–H and O–H groups in total. The Hall–Kier alpha value is -1.77. The van der Waals surface area contributed by atoms with E-state index in [1.807, 2.05) is 0 Å². The van der Waals surface area contributed by atoms with Gasteiger partial charge in [0, 0.05) is 5.56 Å². The summed E-state index contributed by atoms with van der Waals surface area (Å²) in [4.78, 5) is 11.3. The van der Waals surface area contributed by atoms with Gasteiger partial charge >= 0.3 is 5.97 Å². The average Bonchev–Trinajstić information content (AvgIpc) is 2.18. The number of hydrogen-bond donors (Lipinski definition) is 1. The number of esters is 1. The van der Waals surface area contributed by atoms with E-state index in [9.17, 15) is 9.90 Å². The van der Waals surface area contributed by atoms with Gasteiger partial charge in [-0.05, 0) is 18.6 Å². The summed E-state index contributed by atoms with van der Waals surface area (Å²) < 4.78 is 4.91. The van der Waals surface area contributed by atoms with Crippen molar-refractivity contribution in [1.29, 1.82) is 0 Å². The molecule has 0 fully saturated rings. The molecule has 0 saturated carbocycles. The van der Waals surface area contributed by atoms with E-state index >= 15 is 0 Å². The number of carbonyl (C=O) groups excluding carboxylic acids is 1. The fourth-order valence-corrected chi connectivity index (χ4v) is 1.07. The first kappa shape index (κ1) is 11.3. The van der Waals surface area contributed by atoms with Gasteiger partial charge in [-0.1, -0.05) is 24.8 Å². The monoisotopic (exact) mass is 206 g/mol. The van der Waals surface area contributed by atoms with Crippen LogP contribution in [-0.4, -0.2) is 17.7 Å². The summed E-state index contributed by atoms with van der Waals surface area (Å²) in [6.45, 7) is 5.64. The molecule has 0 aliphatic heterocycles. The SMILES string of the molecule is C=C(C)COC(=O)Cc1ccccc1O. The maximum absolute atomic E-state index is 11.3. The van der Waals surface area contributed by atoms with E-state index in [1.54, 1.807) is 31.2 Å². The molecule has 3 heteroatoms. The maximum Gasteiger partial charge on any atom is 0.310 e. The molecule has 80 valence electrons. The zero-order chi connectivity index (χ0) is 11.3. The highest BCUT2D eigenvalue weighted by Gasteiger charge is 2.07. The van der Waals surface area contributed by atoms with Gasteiger partial charge in [-0.15, -0.1) is 0 Å². The molecular formula is C12H14O3. The summed E-state index contributed by atoms with van der Waals surface area (Å²) in [6, 6.07) is 6.71. The number of aromatic hydroxyl groups is 1. The van der Waals surface area contributed by atoms with Crippen LogP contribution in [0.2, 0.25) is 0 Å². The smallest absolute Gasteiger partial charge is 0.310 e. The summed E-state index contributed by atoms with van der Waals surface area (Å²) in [6.07, 6.45) is 0.0833. The first-order chi connectivity index (χ1) is 7.09. The van der Waals surface area contributed by atoms with Crippen LogP contribution < -0.4 is 0 Å². The van der Waals surface area contributed by atoms with Crippen molar-refractivity contribution in [3.8, 4) is 5.75 Å². The second-order valence-electron chi connectivity index (χ2n) is 3.42. The van der Waals surface area contributed by atoms with Crippen LogP contribution in [0.25, 0.3) is 0 Å². The Kier molecular flexibility index (Phi) is 3.92. The Morgan fingerprint density at radius 1 is 1.47 bits per heavy atom. The van der Waals surface area contributed by atoms with Crippen molar-refractivity contribution < 1.29 is 14.6 Å². The standard InChI is InChI=1S/C12H14O3/c1-9(2)8-15-12(14)7-10-5-3-4-6-11(10)13/h3-6,13H,1,7-8H2,2H3. The van der Waals surface area contributed by atoms with Gasteiger partial charge in [0.15, 0.2) is 0 Å². The Bertz CT molecular complexity index is 369. The van der Waals surface area contributed by atoms with Crippen LogP contribution in [0, 0.1) is 0 Å². The van der Waals surface area contributed by atoms with Crippen molar-refractivity contribution in [3.63, 3.8) is 0 Å². The van der Waals surface area contributed by atoms with Gasteiger partial charge in [0.25, 0.3) is 0 Å². The van der Waals surface area contributed by atoms with Crippen molar-refractivity contribution in [2.45, 2.75) is 13.3 Å². The average molecular weight is 206 g/mol. The summed E-state index contributed by atoms with van der Waals surface area (Å²) in [5.41, 5.74) is 1.37. The molecule has 0 aromatic heterocycles. The van der Waals surface area contributed by atoms with Gasteiger partial charge in [0.05, 0.1) is 6.42 Å². The van der Waals surface area contributed by atoms with E-state index < -0.39 is 0 Å². The number of ether oxygens (including phenoxy) is 1. The predicted molar refractivity (Wildman–Crippen MR) is 57.6 cm³/mol. The third-order valence-electron chi connectivity index (χ3n) is 1.81. The third-order valence-corrected chi connectivity index (χ3v) is 1.81. The fraction of sp³-hybridized carbons (Fsp3) is 0.250. The van der Waals surface area contributed by atoms with E-state index in [-0.39, 0.29) is 24.7 Å². The molecule has 0 radical (unpaired) electrons. The van der Waals surface area contributed by atoms with Crippen LogP contribution in [-0.2, 0) is 16.0 Å². The van der Waals surface area contributed by atoms with E-state index in [1.165, 1.54) is 0 Å². The number of carbonyl (C=O) groups is 1. The second-order valence-corrected chi connectivity index (χ2v) is 3.42. The summed E-state index contributed by atoms with van der Waals surface area (Å²) in [5, 5.41) is 9.41. The lowest BCUT2D eigenvalue weighted by molar-refractivity contribution is -0.141. The molecular weight excluding hydrogens is 192 g/mol. The second kappa shape index (κ2) is 5.20. The molecule has 3 nitrogen and oxygen atoms in total. The maximum atomic E-state index is 11.3. The first-order valence-electron chi connectivity index (χ1n) is 4.66. The normalized spacial score (nSPS) is 9.67. The number of phenolic OH excluding ortho intramolecular Hbond substituents is 1. The molecule has 15 heavy (non-hydrogen) atoms. The minimum Gasteiger partial charge on any atom is -0.508 e. The molecule has 1 rings (SSSR count). The lowest BCUT2D eigenvalue weighted by atomic mass is 10.1. The van der Waals surface area contributed by atoms with Gasteiger partial charge in [-0.3, -0.25) is 4.79 Å². The van der Waals surface area contributed by atoms with Crippen LogP contribution in [0.15, 0.2) is 36.4 Å². The molecule has 0 saturated heterocycles. The van der Waals surface area contributed by atoms with Crippen molar-refractivity contribution in [1.82, 2.24) is 0 Å². The molecule has 0 heterocycles. The number of hydrogen-bond acceptors (Lipinski definition) is 3. The molecule has 0 bridgehead atoms. The fourth-order valence-electron chi connectivity index (χ4n) is 1.07. The Morgan fingerprint density at radius 3 is 2.73 bits per heavy atom. The van der Waals surface area contributed by atoms with Crippen LogP contribution >= 0.6 is 0 Å². The highest BCUT2D eigenvalue weighted by atomic mass is 16.5. The zero-order valence-corrected chi connectivity index (χ0v) is 8.69. The number of rotatable bonds is 4. The predicted octanol–water partition coefficient (Wildman–Crippen LogP) is 2.05. The molecule has 1 aromatic carbocycles. The van der Waals surface area contributed by atoms with Crippen LogP contribution in [0.4, 0.5) is 0 Å². The van der Waals surface area contributed by atoms with Crippen molar-refractivity contribution in [2.24, 2.45) is 0 Å². The van der Waals surface area contributed by atoms with E-state index in [4.69, 9.17) is 4.74 Å². The quantitative estimate of drug-likeness (QED) is 0.605. The molecule has 0 atom stereocenters. The van der Waals surface area contributed by atoms with Crippen LogP contribution in [0.5, 0.6) is 5.75 Å². The van der Waals surface area contributed by atoms with Crippen molar-refractivity contribution in [3.05, 3.63) is 42.0 Å². The highest BCUT2D eigenvalue weighted by Crippen LogP contribution is 2.16. The molecule has 0 aliphatic rings. The largest absolute Gasteiger partial charge is 0.508 e. The minimum absolute atomic E-state index is 0.0833. The number of phenols is 1. The molecule has 1 aromatic rings. The van der Waals surface area contributed by atoms with Gasteiger partial charge < -0.3 is 9.84 Å². The minimum atomic E-state index is -0.362. The van der Waals surface area contributed by atoms with E-state index in [2.05, 4.69) is 6.58 Å². The lowest BCUT2D eigenvalue weighted by Crippen LogP contribution is -2.09. The molecule has 0 amide bonds. The summed E-state index contributed by atoms with van der Waals surface area (Å²) in [7, 11) is 0. The van der Waals surface area contributed by atoms with Crippen LogP contribution in [0.3, 0.4) is 0 Å². The third kappa shape index (κ3) is 3.85. The van der Waals surface area contributed by atoms with Gasteiger partial charge in [-0.25, -0.2) is 0 Å². The van der Waals surface area contributed by atoms with Gasteiger partial charge in [0.1, 0.15) is 12.4 Å². The van der Waals surface area contributed by atoms with Gasteiger partial charge in [-0.2, -0.15) is 0 Å². The van der Waals surface area contributed by atoms with E-state index in [0.717, 1.165) is 5.57 Å². The van der Waals surface area contributed by atoms with E-state index in [0.29, 0.717) is 5.56 Å². The van der Waals surface area contributed by atoms with Gasteiger partial charge in [0.2, 0.25) is 0 Å². The summed E-state index contributed by atoms with van der Waals surface area (Å²) in [5.74, 6) is -0.246. The molecule has 0 unspecified atom stereocenters. The highest BCUT2D eigenvalue weighted by molar-refractivity contribution is 5.73. The van der Waals surface area contributed by atoms with Crippen molar-refractivity contribution >= 4 is 5.97 Å². The number of para-hydroxylation sites is 1. The Morgan fingerprint density at radius 2 is 2.13 bits per heavy atom.